The number of likely N-dealkylation sites (tertiary alicyclic amines) is 2. The number of nitrogens with zero attached hydrogens (tertiary/aromatic N) is 3. The van der Waals surface area contributed by atoms with Crippen LogP contribution < -0.4 is 11.1 Å². The van der Waals surface area contributed by atoms with Gasteiger partial charge in [0, 0.05) is 25.7 Å². The molecule has 0 saturated carbocycles. The summed E-state index contributed by atoms with van der Waals surface area (Å²) in [6, 6.07) is 0.289. The first-order valence-corrected chi connectivity index (χ1v) is 9.39. The Kier molecular flexibility index (Phi) is 11.2. The number of guanidine groups is 1. The molecule has 0 unspecified atom stereocenters. The van der Waals surface area contributed by atoms with E-state index in [-0.39, 0.29) is 36.1 Å². The van der Waals surface area contributed by atoms with Gasteiger partial charge in [0.2, 0.25) is 0 Å². The van der Waals surface area contributed by atoms with Crippen molar-refractivity contribution in [3.8, 4) is 0 Å². The molecule has 146 valence electrons. The second-order valence-electron chi connectivity index (χ2n) is 6.63. The molecule has 25 heavy (non-hydrogen) atoms. The number of aliphatic imine (C=N–C) groups is 1. The minimum atomic E-state index is -0.213. The molecule has 3 N–H and O–H groups in total. The predicted octanol–water partition coefficient (Wildman–Crippen LogP) is 2.01. The van der Waals surface area contributed by atoms with Gasteiger partial charge in [-0.2, -0.15) is 0 Å². The van der Waals surface area contributed by atoms with E-state index in [1.54, 1.807) is 4.90 Å². The average Bonchev–Trinajstić information content (AvgIpc) is 2.84. The Hall–Kier alpha value is -0.770. The van der Waals surface area contributed by atoms with E-state index in [1.165, 1.54) is 38.8 Å². The van der Waals surface area contributed by atoms with E-state index < -0.39 is 0 Å². The van der Waals surface area contributed by atoms with Gasteiger partial charge in [0.25, 0.3) is 0 Å². The zero-order chi connectivity index (χ0) is 17.2. The van der Waals surface area contributed by atoms with Crippen molar-refractivity contribution in [2.45, 2.75) is 51.5 Å². The van der Waals surface area contributed by atoms with Crippen molar-refractivity contribution >= 4 is 36.0 Å². The fourth-order valence-electron chi connectivity index (χ4n) is 3.35. The topological polar surface area (TPSA) is 83.2 Å². The molecule has 7 nitrogen and oxygen atoms in total. The van der Waals surface area contributed by atoms with E-state index in [4.69, 9.17) is 10.5 Å². The number of carbonyl (C=O) groups excluding carboxylic acids is 1. The van der Waals surface area contributed by atoms with Crippen LogP contribution in [0.5, 0.6) is 0 Å². The van der Waals surface area contributed by atoms with Gasteiger partial charge in [-0.05, 0) is 45.7 Å². The molecule has 0 aliphatic carbocycles. The van der Waals surface area contributed by atoms with Crippen LogP contribution >= 0.6 is 24.0 Å². The molecule has 0 aromatic carbocycles. The lowest BCUT2D eigenvalue weighted by atomic mass is 10.1. The molecule has 0 atom stereocenters. The lowest BCUT2D eigenvalue weighted by Gasteiger charge is -2.31. The van der Waals surface area contributed by atoms with E-state index in [0.29, 0.717) is 25.7 Å². The Morgan fingerprint density at radius 3 is 2.40 bits per heavy atom. The Morgan fingerprint density at radius 2 is 1.80 bits per heavy atom. The lowest BCUT2D eigenvalue weighted by Crippen LogP contribution is -2.48. The Morgan fingerprint density at radius 1 is 1.16 bits per heavy atom. The van der Waals surface area contributed by atoms with Crippen LogP contribution in [0.3, 0.4) is 0 Å². The van der Waals surface area contributed by atoms with Crippen LogP contribution in [0.15, 0.2) is 4.99 Å². The van der Waals surface area contributed by atoms with Crippen molar-refractivity contribution in [1.82, 2.24) is 15.1 Å². The summed E-state index contributed by atoms with van der Waals surface area (Å²) in [6.45, 7) is 7.78. The Bertz CT molecular complexity index is 406. The molecule has 8 heteroatoms. The molecule has 2 aliphatic rings. The van der Waals surface area contributed by atoms with Crippen LogP contribution in [0.1, 0.15) is 45.4 Å². The molecule has 0 aromatic heterocycles. The first-order chi connectivity index (χ1) is 11.7. The molecule has 0 aromatic rings. The van der Waals surface area contributed by atoms with Crippen LogP contribution in [-0.2, 0) is 4.74 Å². The lowest BCUT2D eigenvalue weighted by molar-refractivity contribution is 0.0963. The normalized spacial score (nSPS) is 20.5. The fourth-order valence-corrected chi connectivity index (χ4v) is 3.35. The number of hydrogen-bond acceptors (Lipinski definition) is 4. The SMILES string of the molecule is CCOC(=O)N1CCC(NC(N)=NCCN2CCCCCC2)CC1.I. The first kappa shape index (κ1) is 22.3. The highest BCUT2D eigenvalue weighted by Crippen LogP contribution is 2.11. The number of halogens is 1. The minimum Gasteiger partial charge on any atom is -0.450 e. The molecule has 2 aliphatic heterocycles. The zero-order valence-electron chi connectivity index (χ0n) is 15.4. The van der Waals surface area contributed by atoms with E-state index >= 15 is 0 Å². The van der Waals surface area contributed by atoms with Gasteiger partial charge in [0.15, 0.2) is 5.96 Å². The van der Waals surface area contributed by atoms with E-state index in [1.807, 2.05) is 6.92 Å². The van der Waals surface area contributed by atoms with E-state index in [2.05, 4.69) is 15.2 Å². The average molecular weight is 467 g/mol. The minimum absolute atomic E-state index is 0. The van der Waals surface area contributed by atoms with E-state index in [9.17, 15) is 4.79 Å². The van der Waals surface area contributed by atoms with Crippen molar-refractivity contribution in [2.75, 3.05) is 45.9 Å². The van der Waals surface area contributed by atoms with Gasteiger partial charge < -0.3 is 25.6 Å². The molecule has 2 heterocycles. The predicted molar refractivity (Wildman–Crippen MR) is 112 cm³/mol. The number of nitrogens with two attached hydrogens (primary N) is 1. The summed E-state index contributed by atoms with van der Waals surface area (Å²) >= 11 is 0. The van der Waals surface area contributed by atoms with Gasteiger partial charge in [0.1, 0.15) is 0 Å². The van der Waals surface area contributed by atoms with Gasteiger partial charge in [-0.1, -0.05) is 12.8 Å². The number of hydrogen-bond donors (Lipinski definition) is 2. The van der Waals surface area contributed by atoms with Crippen LogP contribution in [0, 0.1) is 0 Å². The van der Waals surface area contributed by atoms with Gasteiger partial charge in [-0.3, -0.25) is 4.99 Å². The van der Waals surface area contributed by atoms with Crippen molar-refractivity contribution in [1.29, 1.82) is 0 Å². The molecule has 2 fully saturated rings. The van der Waals surface area contributed by atoms with E-state index in [0.717, 1.165) is 25.9 Å². The molecular formula is C17H34IN5O2. The summed E-state index contributed by atoms with van der Waals surface area (Å²) in [5, 5.41) is 3.29. The molecular weight excluding hydrogens is 433 g/mol. The largest absolute Gasteiger partial charge is 0.450 e. The quantitative estimate of drug-likeness (QED) is 0.367. The molecule has 2 rings (SSSR count). The third kappa shape index (κ3) is 8.44. The highest BCUT2D eigenvalue weighted by atomic mass is 127. The summed E-state index contributed by atoms with van der Waals surface area (Å²) in [5.74, 6) is 0.527. The summed E-state index contributed by atoms with van der Waals surface area (Å²) in [5.41, 5.74) is 6.01. The second kappa shape index (κ2) is 12.6. The summed E-state index contributed by atoms with van der Waals surface area (Å²) in [7, 11) is 0. The second-order valence-corrected chi connectivity index (χ2v) is 6.63. The first-order valence-electron chi connectivity index (χ1n) is 9.39. The number of nitrogens with one attached hydrogen (secondary N) is 1. The molecule has 0 bridgehead atoms. The zero-order valence-corrected chi connectivity index (χ0v) is 17.7. The fraction of sp³-hybridized carbons (Fsp3) is 0.882. The van der Waals surface area contributed by atoms with Crippen LogP contribution in [0.2, 0.25) is 0 Å². The highest BCUT2D eigenvalue weighted by Gasteiger charge is 2.23. The van der Waals surface area contributed by atoms with Crippen LogP contribution in [0.4, 0.5) is 4.79 Å². The Balaban J connectivity index is 0.00000312. The van der Waals surface area contributed by atoms with Crippen molar-refractivity contribution in [2.24, 2.45) is 10.7 Å². The van der Waals surface area contributed by atoms with Gasteiger partial charge in [-0.25, -0.2) is 4.79 Å². The monoisotopic (exact) mass is 467 g/mol. The number of amides is 1. The molecule has 0 spiro atoms. The highest BCUT2D eigenvalue weighted by molar-refractivity contribution is 14.0. The Labute approximate surface area is 168 Å². The maximum atomic E-state index is 11.7. The number of rotatable bonds is 5. The molecule has 1 amide bonds. The molecule has 2 saturated heterocycles. The van der Waals surface area contributed by atoms with Crippen molar-refractivity contribution in [3.63, 3.8) is 0 Å². The number of carbonyl (C=O) groups is 1. The van der Waals surface area contributed by atoms with Crippen LogP contribution in [0.25, 0.3) is 0 Å². The molecule has 0 radical (unpaired) electrons. The van der Waals surface area contributed by atoms with Crippen LogP contribution in [-0.4, -0.2) is 73.8 Å². The third-order valence-electron chi connectivity index (χ3n) is 4.77. The van der Waals surface area contributed by atoms with Crippen molar-refractivity contribution in [3.05, 3.63) is 0 Å². The summed E-state index contributed by atoms with van der Waals surface area (Å²) < 4.78 is 5.03. The summed E-state index contributed by atoms with van der Waals surface area (Å²) in [4.78, 5) is 20.4. The van der Waals surface area contributed by atoms with Crippen molar-refractivity contribution < 1.29 is 9.53 Å². The standard InChI is InChI=1S/C17H33N5O2.HI/c1-2-24-17(23)22-12-7-15(8-13-22)20-16(18)19-9-14-21-10-5-3-4-6-11-21;/h15H,2-14H2,1H3,(H3,18,19,20);1H. The summed E-state index contributed by atoms with van der Waals surface area (Å²) in [6.07, 6.45) is 6.85. The third-order valence-corrected chi connectivity index (χ3v) is 4.77. The number of piperidine rings is 1. The van der Waals surface area contributed by atoms with Gasteiger partial charge in [-0.15, -0.1) is 24.0 Å². The number of ether oxygens (including phenoxy) is 1. The maximum Gasteiger partial charge on any atom is 0.409 e. The van der Waals surface area contributed by atoms with Gasteiger partial charge in [0.05, 0.1) is 13.2 Å². The maximum absolute atomic E-state index is 11.7. The smallest absolute Gasteiger partial charge is 0.409 e. The van der Waals surface area contributed by atoms with Gasteiger partial charge >= 0.3 is 6.09 Å².